The summed E-state index contributed by atoms with van der Waals surface area (Å²) in [6.45, 7) is 4.01. The Bertz CT molecular complexity index is 250. The molecule has 0 aliphatic carbocycles. The van der Waals surface area contributed by atoms with E-state index in [-0.39, 0.29) is 12.3 Å². The van der Waals surface area contributed by atoms with Crippen molar-refractivity contribution in [3.8, 4) is 0 Å². The lowest BCUT2D eigenvalue weighted by molar-refractivity contribution is -0.142. The fourth-order valence-electron chi connectivity index (χ4n) is 2.22. The van der Waals surface area contributed by atoms with Crippen LogP contribution in [0.2, 0.25) is 0 Å². The highest BCUT2D eigenvalue weighted by Gasteiger charge is 2.19. The fraction of sp³-hybridized carbons (Fsp3) is 0.857. The smallest absolute Gasteiger partial charge is 0.306 e. The number of hydrogen-bond donors (Lipinski definition) is 2. The van der Waals surface area contributed by atoms with Gasteiger partial charge in [-0.1, -0.05) is 39.5 Å². The van der Waals surface area contributed by atoms with Crippen molar-refractivity contribution in [3.05, 3.63) is 0 Å². The number of carboxylic acids is 2. The Labute approximate surface area is 109 Å². The SMILES string of the molecule is CCC(CCCCCC(=O)O)CC(CC)C(=O)O. The van der Waals surface area contributed by atoms with E-state index in [1.54, 1.807) is 0 Å². The minimum atomic E-state index is -0.737. The average molecular weight is 258 g/mol. The molecule has 4 heteroatoms. The normalized spacial score (nSPS) is 14.1. The second-order valence-corrected chi connectivity index (χ2v) is 4.95. The molecule has 0 aliphatic rings. The largest absolute Gasteiger partial charge is 0.481 e. The van der Waals surface area contributed by atoms with Gasteiger partial charge in [0.15, 0.2) is 0 Å². The summed E-state index contributed by atoms with van der Waals surface area (Å²) in [5.41, 5.74) is 0. The average Bonchev–Trinajstić information content (AvgIpc) is 2.31. The third kappa shape index (κ3) is 8.09. The molecule has 0 spiro atoms. The third-order valence-electron chi connectivity index (χ3n) is 3.54. The lowest BCUT2D eigenvalue weighted by Gasteiger charge is -2.18. The highest BCUT2D eigenvalue weighted by Crippen LogP contribution is 2.24. The molecule has 0 aromatic rings. The maximum Gasteiger partial charge on any atom is 0.306 e. The highest BCUT2D eigenvalue weighted by molar-refractivity contribution is 5.69. The summed E-state index contributed by atoms with van der Waals surface area (Å²) in [5, 5.41) is 17.5. The van der Waals surface area contributed by atoms with E-state index >= 15 is 0 Å². The molecule has 2 atom stereocenters. The zero-order valence-electron chi connectivity index (χ0n) is 11.5. The highest BCUT2D eigenvalue weighted by atomic mass is 16.4. The van der Waals surface area contributed by atoms with Gasteiger partial charge in [-0.2, -0.15) is 0 Å². The first-order valence-electron chi connectivity index (χ1n) is 6.95. The molecule has 0 bridgehead atoms. The first kappa shape index (κ1) is 16.9. The van der Waals surface area contributed by atoms with E-state index in [2.05, 4.69) is 6.92 Å². The van der Waals surface area contributed by atoms with Crippen molar-refractivity contribution < 1.29 is 19.8 Å². The van der Waals surface area contributed by atoms with Crippen molar-refractivity contribution in [2.45, 2.75) is 65.2 Å². The maximum absolute atomic E-state index is 11.0. The molecule has 0 fully saturated rings. The predicted molar refractivity (Wildman–Crippen MR) is 70.5 cm³/mol. The van der Waals surface area contributed by atoms with E-state index in [1.807, 2.05) is 6.92 Å². The molecule has 2 unspecified atom stereocenters. The maximum atomic E-state index is 11.0. The molecule has 2 N–H and O–H groups in total. The number of carboxylic acid groups (broad SMARTS) is 2. The number of hydrogen-bond acceptors (Lipinski definition) is 2. The van der Waals surface area contributed by atoms with Crippen LogP contribution in [0.15, 0.2) is 0 Å². The summed E-state index contributed by atoms with van der Waals surface area (Å²) in [5.74, 6) is -1.20. The Morgan fingerprint density at radius 2 is 1.67 bits per heavy atom. The van der Waals surface area contributed by atoms with Crippen LogP contribution in [0.5, 0.6) is 0 Å². The summed E-state index contributed by atoms with van der Waals surface area (Å²) in [6.07, 6.45) is 6.34. The lowest BCUT2D eigenvalue weighted by atomic mass is 9.87. The minimum absolute atomic E-state index is 0.228. The Balaban J connectivity index is 3.82. The van der Waals surface area contributed by atoms with E-state index < -0.39 is 11.9 Å². The van der Waals surface area contributed by atoms with E-state index in [1.165, 1.54) is 0 Å². The van der Waals surface area contributed by atoms with Gasteiger partial charge in [0.1, 0.15) is 0 Å². The van der Waals surface area contributed by atoms with E-state index in [4.69, 9.17) is 10.2 Å². The molecule has 106 valence electrons. The Hall–Kier alpha value is -1.06. The summed E-state index contributed by atoms with van der Waals surface area (Å²) < 4.78 is 0. The van der Waals surface area contributed by atoms with Crippen LogP contribution in [-0.4, -0.2) is 22.2 Å². The molecular weight excluding hydrogens is 232 g/mol. The number of carbonyl (C=O) groups is 2. The molecule has 0 amide bonds. The lowest BCUT2D eigenvalue weighted by Crippen LogP contribution is -2.17. The van der Waals surface area contributed by atoms with Crippen molar-refractivity contribution in [2.75, 3.05) is 0 Å². The van der Waals surface area contributed by atoms with Gasteiger partial charge in [0.2, 0.25) is 0 Å². The molecule has 0 saturated heterocycles. The van der Waals surface area contributed by atoms with Crippen LogP contribution in [0.1, 0.15) is 65.2 Å². The van der Waals surface area contributed by atoms with Crippen LogP contribution in [0, 0.1) is 11.8 Å². The van der Waals surface area contributed by atoms with Crippen molar-refractivity contribution in [3.63, 3.8) is 0 Å². The number of unbranched alkanes of at least 4 members (excludes halogenated alkanes) is 2. The van der Waals surface area contributed by atoms with E-state index in [9.17, 15) is 9.59 Å². The number of rotatable bonds is 11. The first-order chi connectivity index (χ1) is 8.51. The predicted octanol–water partition coefficient (Wildman–Crippen LogP) is 3.55. The summed E-state index contributed by atoms with van der Waals surface area (Å²) in [7, 11) is 0. The van der Waals surface area contributed by atoms with Crippen LogP contribution >= 0.6 is 0 Å². The van der Waals surface area contributed by atoms with Crippen LogP contribution in [0.3, 0.4) is 0 Å². The number of aliphatic carboxylic acids is 2. The fourth-order valence-corrected chi connectivity index (χ4v) is 2.22. The topological polar surface area (TPSA) is 74.6 Å². The Kier molecular flexibility index (Phi) is 9.33. The molecule has 0 saturated carbocycles. The van der Waals surface area contributed by atoms with Crippen LogP contribution in [0.25, 0.3) is 0 Å². The van der Waals surface area contributed by atoms with Gasteiger partial charge in [0.25, 0.3) is 0 Å². The summed E-state index contributed by atoms with van der Waals surface area (Å²) in [6, 6.07) is 0. The molecule has 0 aromatic heterocycles. The van der Waals surface area contributed by atoms with Gasteiger partial charge in [-0.15, -0.1) is 0 Å². The van der Waals surface area contributed by atoms with E-state index in [0.29, 0.717) is 12.3 Å². The van der Waals surface area contributed by atoms with Gasteiger partial charge in [-0.05, 0) is 25.2 Å². The molecular formula is C14H26O4. The zero-order valence-corrected chi connectivity index (χ0v) is 11.5. The zero-order chi connectivity index (χ0) is 14.0. The first-order valence-corrected chi connectivity index (χ1v) is 6.95. The third-order valence-corrected chi connectivity index (χ3v) is 3.54. The molecule has 0 rings (SSSR count). The molecule has 18 heavy (non-hydrogen) atoms. The van der Waals surface area contributed by atoms with Crippen molar-refractivity contribution in [1.29, 1.82) is 0 Å². The quantitative estimate of drug-likeness (QED) is 0.556. The van der Waals surface area contributed by atoms with Gasteiger partial charge in [-0.3, -0.25) is 9.59 Å². The Morgan fingerprint density at radius 1 is 1.00 bits per heavy atom. The van der Waals surface area contributed by atoms with Gasteiger partial charge in [0.05, 0.1) is 5.92 Å². The van der Waals surface area contributed by atoms with Gasteiger partial charge in [0, 0.05) is 6.42 Å². The van der Waals surface area contributed by atoms with E-state index in [0.717, 1.165) is 38.5 Å². The molecule has 0 aromatic carbocycles. The summed E-state index contributed by atoms with van der Waals surface area (Å²) in [4.78, 5) is 21.3. The minimum Gasteiger partial charge on any atom is -0.481 e. The molecule has 0 aliphatic heterocycles. The molecule has 0 heterocycles. The monoisotopic (exact) mass is 258 g/mol. The molecule has 4 nitrogen and oxygen atoms in total. The van der Waals surface area contributed by atoms with Gasteiger partial charge < -0.3 is 10.2 Å². The van der Waals surface area contributed by atoms with Crippen LogP contribution in [0.4, 0.5) is 0 Å². The van der Waals surface area contributed by atoms with Crippen molar-refractivity contribution >= 4 is 11.9 Å². The summed E-state index contributed by atoms with van der Waals surface area (Å²) >= 11 is 0. The van der Waals surface area contributed by atoms with Crippen LogP contribution < -0.4 is 0 Å². The molecule has 0 radical (unpaired) electrons. The second-order valence-electron chi connectivity index (χ2n) is 4.95. The van der Waals surface area contributed by atoms with Gasteiger partial charge in [-0.25, -0.2) is 0 Å². The van der Waals surface area contributed by atoms with Crippen molar-refractivity contribution in [2.24, 2.45) is 11.8 Å². The van der Waals surface area contributed by atoms with Crippen molar-refractivity contribution in [1.82, 2.24) is 0 Å². The van der Waals surface area contributed by atoms with Crippen LogP contribution in [-0.2, 0) is 9.59 Å². The second kappa shape index (κ2) is 9.92. The van der Waals surface area contributed by atoms with Gasteiger partial charge >= 0.3 is 11.9 Å². The Morgan fingerprint density at radius 3 is 2.11 bits per heavy atom. The standard InChI is InChI=1S/C14H26O4/c1-3-11(10-12(4-2)14(17)18)8-6-5-7-9-13(15)16/h11-12H,3-10H2,1-2H3,(H,15,16)(H,17,18).